The van der Waals surface area contributed by atoms with Crippen molar-refractivity contribution >= 4 is 21.7 Å². The van der Waals surface area contributed by atoms with Crippen LogP contribution in [0.5, 0.6) is 5.75 Å². The maximum absolute atomic E-state index is 9.46. The standard InChI is InChI=1S/C14H12O2/c1-2-9-8-16-13-6-3-10-7-11(15)4-5-12(10)14(9)13/h3-8,15H,2H2,1H3. The second-order valence-electron chi connectivity index (χ2n) is 3.96. The van der Waals surface area contributed by atoms with Gasteiger partial charge in [0.2, 0.25) is 0 Å². The van der Waals surface area contributed by atoms with Crippen molar-refractivity contribution < 1.29 is 9.52 Å². The van der Waals surface area contributed by atoms with E-state index in [9.17, 15) is 5.11 Å². The highest BCUT2D eigenvalue weighted by Crippen LogP contribution is 2.31. The largest absolute Gasteiger partial charge is 0.508 e. The summed E-state index contributed by atoms with van der Waals surface area (Å²) in [7, 11) is 0. The molecule has 3 rings (SSSR count). The normalized spacial score (nSPS) is 11.3. The SMILES string of the molecule is CCc1coc2ccc3cc(O)ccc3c12. The zero-order valence-corrected chi connectivity index (χ0v) is 9.03. The van der Waals surface area contributed by atoms with Crippen molar-refractivity contribution in [2.75, 3.05) is 0 Å². The predicted molar refractivity (Wildman–Crippen MR) is 64.8 cm³/mol. The third-order valence-electron chi connectivity index (χ3n) is 3.00. The van der Waals surface area contributed by atoms with Crippen LogP contribution < -0.4 is 0 Å². The number of rotatable bonds is 1. The van der Waals surface area contributed by atoms with Crippen molar-refractivity contribution in [3.8, 4) is 5.75 Å². The van der Waals surface area contributed by atoms with Gasteiger partial charge < -0.3 is 9.52 Å². The summed E-state index contributed by atoms with van der Waals surface area (Å²) in [5, 5.41) is 12.8. The fourth-order valence-electron chi connectivity index (χ4n) is 2.18. The number of benzene rings is 2. The van der Waals surface area contributed by atoms with E-state index in [4.69, 9.17) is 4.42 Å². The Balaban J connectivity index is 2.51. The first kappa shape index (κ1) is 9.28. The van der Waals surface area contributed by atoms with Crippen LogP contribution >= 0.6 is 0 Å². The summed E-state index contributed by atoms with van der Waals surface area (Å²) >= 11 is 0. The van der Waals surface area contributed by atoms with E-state index in [0.717, 1.165) is 22.8 Å². The van der Waals surface area contributed by atoms with Crippen LogP contribution in [0, 0.1) is 0 Å². The molecule has 0 unspecified atom stereocenters. The molecule has 1 heterocycles. The van der Waals surface area contributed by atoms with Crippen molar-refractivity contribution in [3.05, 3.63) is 42.2 Å². The summed E-state index contributed by atoms with van der Waals surface area (Å²) in [6.07, 6.45) is 2.77. The van der Waals surface area contributed by atoms with Crippen LogP contribution in [0.3, 0.4) is 0 Å². The van der Waals surface area contributed by atoms with E-state index in [0.29, 0.717) is 5.75 Å². The van der Waals surface area contributed by atoms with E-state index in [1.165, 1.54) is 10.9 Å². The van der Waals surface area contributed by atoms with Gasteiger partial charge in [-0.1, -0.05) is 13.0 Å². The molecule has 0 atom stereocenters. The molecule has 2 nitrogen and oxygen atoms in total. The number of hydrogen-bond donors (Lipinski definition) is 1. The lowest BCUT2D eigenvalue weighted by atomic mass is 10.0. The molecule has 3 aromatic rings. The highest BCUT2D eigenvalue weighted by molar-refractivity contribution is 6.07. The van der Waals surface area contributed by atoms with Gasteiger partial charge in [0.25, 0.3) is 0 Å². The molecule has 80 valence electrons. The third-order valence-corrected chi connectivity index (χ3v) is 3.00. The Kier molecular flexibility index (Phi) is 1.90. The summed E-state index contributed by atoms with van der Waals surface area (Å²) in [5.74, 6) is 0.299. The molecule has 0 aliphatic carbocycles. The smallest absolute Gasteiger partial charge is 0.134 e. The zero-order valence-electron chi connectivity index (χ0n) is 9.03. The first-order valence-corrected chi connectivity index (χ1v) is 5.41. The number of fused-ring (bicyclic) bond motifs is 3. The lowest BCUT2D eigenvalue weighted by molar-refractivity contribution is 0.476. The van der Waals surface area contributed by atoms with Gasteiger partial charge in [-0.2, -0.15) is 0 Å². The van der Waals surface area contributed by atoms with E-state index in [1.807, 2.05) is 24.5 Å². The lowest BCUT2D eigenvalue weighted by Crippen LogP contribution is -1.79. The highest BCUT2D eigenvalue weighted by Gasteiger charge is 2.08. The molecule has 16 heavy (non-hydrogen) atoms. The Labute approximate surface area is 93.1 Å². The summed E-state index contributed by atoms with van der Waals surface area (Å²) in [6.45, 7) is 2.11. The Bertz CT molecular complexity index is 665. The highest BCUT2D eigenvalue weighted by atomic mass is 16.3. The molecular formula is C14H12O2. The van der Waals surface area contributed by atoms with Crippen molar-refractivity contribution in [2.45, 2.75) is 13.3 Å². The third kappa shape index (κ3) is 1.20. The van der Waals surface area contributed by atoms with Gasteiger partial charge in [0.1, 0.15) is 11.3 Å². The minimum atomic E-state index is 0.299. The zero-order chi connectivity index (χ0) is 11.1. The fraction of sp³-hybridized carbons (Fsp3) is 0.143. The van der Waals surface area contributed by atoms with E-state index in [-0.39, 0.29) is 0 Å². The minimum absolute atomic E-state index is 0.299. The second-order valence-corrected chi connectivity index (χ2v) is 3.96. The number of aryl methyl sites for hydroxylation is 1. The van der Waals surface area contributed by atoms with Crippen molar-refractivity contribution in [1.29, 1.82) is 0 Å². The van der Waals surface area contributed by atoms with Gasteiger partial charge in [-0.3, -0.25) is 0 Å². The average Bonchev–Trinajstić information content (AvgIpc) is 2.71. The van der Waals surface area contributed by atoms with E-state index in [1.54, 1.807) is 12.1 Å². The van der Waals surface area contributed by atoms with Crippen LogP contribution in [0.1, 0.15) is 12.5 Å². The molecule has 1 aromatic heterocycles. The first-order chi connectivity index (χ1) is 7.79. The number of phenols is 1. The van der Waals surface area contributed by atoms with Crippen molar-refractivity contribution in [3.63, 3.8) is 0 Å². The van der Waals surface area contributed by atoms with Gasteiger partial charge in [0, 0.05) is 5.39 Å². The molecule has 1 N–H and O–H groups in total. The molecule has 0 fully saturated rings. The molecule has 0 spiro atoms. The first-order valence-electron chi connectivity index (χ1n) is 5.41. The average molecular weight is 212 g/mol. The topological polar surface area (TPSA) is 33.4 Å². The van der Waals surface area contributed by atoms with Crippen LogP contribution in [-0.4, -0.2) is 5.11 Å². The maximum Gasteiger partial charge on any atom is 0.134 e. The Morgan fingerprint density at radius 3 is 2.88 bits per heavy atom. The summed E-state index contributed by atoms with van der Waals surface area (Å²) in [4.78, 5) is 0. The lowest BCUT2D eigenvalue weighted by Gasteiger charge is -2.01. The Morgan fingerprint density at radius 1 is 1.19 bits per heavy atom. The molecule has 0 aliphatic heterocycles. The van der Waals surface area contributed by atoms with E-state index in [2.05, 4.69) is 6.92 Å². The molecule has 0 aliphatic rings. The summed E-state index contributed by atoms with van der Waals surface area (Å²) < 4.78 is 5.52. The maximum atomic E-state index is 9.46. The van der Waals surface area contributed by atoms with Gasteiger partial charge in [-0.15, -0.1) is 0 Å². The molecule has 0 radical (unpaired) electrons. The van der Waals surface area contributed by atoms with E-state index >= 15 is 0 Å². The quantitative estimate of drug-likeness (QED) is 0.664. The minimum Gasteiger partial charge on any atom is -0.508 e. The van der Waals surface area contributed by atoms with Crippen LogP contribution in [0.25, 0.3) is 21.7 Å². The van der Waals surface area contributed by atoms with Crippen molar-refractivity contribution in [2.24, 2.45) is 0 Å². The molecular weight excluding hydrogens is 200 g/mol. The molecule has 0 amide bonds. The predicted octanol–water partition coefficient (Wildman–Crippen LogP) is 3.85. The fourth-order valence-corrected chi connectivity index (χ4v) is 2.18. The molecule has 2 heteroatoms. The molecule has 0 bridgehead atoms. The van der Waals surface area contributed by atoms with Crippen molar-refractivity contribution in [1.82, 2.24) is 0 Å². The number of hydrogen-bond acceptors (Lipinski definition) is 2. The van der Waals surface area contributed by atoms with E-state index < -0.39 is 0 Å². The van der Waals surface area contributed by atoms with Crippen LogP contribution in [0.15, 0.2) is 41.0 Å². The van der Waals surface area contributed by atoms with Crippen LogP contribution in [-0.2, 0) is 6.42 Å². The van der Waals surface area contributed by atoms with Gasteiger partial charge in [0.05, 0.1) is 6.26 Å². The van der Waals surface area contributed by atoms with Gasteiger partial charge in [-0.05, 0) is 47.0 Å². The monoisotopic (exact) mass is 212 g/mol. The number of phenolic OH excluding ortho intramolecular Hbond substituents is 1. The second kappa shape index (κ2) is 3.27. The Hall–Kier alpha value is -1.96. The van der Waals surface area contributed by atoms with Gasteiger partial charge >= 0.3 is 0 Å². The summed E-state index contributed by atoms with van der Waals surface area (Å²) in [5.41, 5.74) is 2.13. The summed E-state index contributed by atoms with van der Waals surface area (Å²) in [6, 6.07) is 9.37. The number of furan rings is 1. The molecule has 0 saturated heterocycles. The van der Waals surface area contributed by atoms with Crippen LogP contribution in [0.4, 0.5) is 0 Å². The number of aromatic hydroxyl groups is 1. The van der Waals surface area contributed by atoms with Gasteiger partial charge in [0.15, 0.2) is 0 Å². The van der Waals surface area contributed by atoms with Gasteiger partial charge in [-0.25, -0.2) is 0 Å². The van der Waals surface area contributed by atoms with Crippen LogP contribution in [0.2, 0.25) is 0 Å². The molecule has 0 saturated carbocycles. The Morgan fingerprint density at radius 2 is 2.06 bits per heavy atom. The molecule has 2 aromatic carbocycles.